The van der Waals surface area contributed by atoms with Gasteiger partial charge in [0.25, 0.3) is 0 Å². The monoisotopic (exact) mass is 265 g/mol. The van der Waals surface area contributed by atoms with E-state index in [0.29, 0.717) is 24.2 Å². The number of fused-ring (bicyclic) bond motifs is 2. The molecule has 0 spiro atoms. The van der Waals surface area contributed by atoms with Crippen LogP contribution >= 0.6 is 0 Å². The van der Waals surface area contributed by atoms with Gasteiger partial charge in [-0.25, -0.2) is 0 Å². The zero-order valence-corrected chi connectivity index (χ0v) is 12.0. The van der Waals surface area contributed by atoms with Crippen molar-refractivity contribution < 1.29 is 4.74 Å². The maximum atomic E-state index is 6.04. The second-order valence-electron chi connectivity index (χ2n) is 6.86. The molecule has 3 atom stereocenters. The summed E-state index contributed by atoms with van der Waals surface area (Å²) in [6, 6.07) is 0.543. The second kappa shape index (κ2) is 5.31. The Morgan fingerprint density at radius 1 is 1.26 bits per heavy atom. The summed E-state index contributed by atoms with van der Waals surface area (Å²) in [5.41, 5.74) is 6.25. The highest BCUT2D eigenvalue weighted by Gasteiger charge is 2.49. The van der Waals surface area contributed by atoms with Crippen LogP contribution in [-0.4, -0.2) is 30.8 Å². The van der Waals surface area contributed by atoms with Crippen LogP contribution in [0.5, 0.6) is 0 Å². The largest absolute Gasteiger partial charge is 0.374 e. The second-order valence-corrected chi connectivity index (χ2v) is 6.86. The zero-order chi connectivity index (χ0) is 13.3. The van der Waals surface area contributed by atoms with Crippen LogP contribution in [0.1, 0.15) is 58.3 Å². The minimum Gasteiger partial charge on any atom is -0.374 e. The maximum absolute atomic E-state index is 6.04. The molecule has 4 nitrogen and oxygen atoms in total. The normalized spacial score (nSPS) is 39.7. The van der Waals surface area contributed by atoms with Gasteiger partial charge in [-0.05, 0) is 32.1 Å². The molecule has 3 N–H and O–H groups in total. The number of nitrogens with one attached hydrogen (secondary N) is 1. The van der Waals surface area contributed by atoms with Crippen LogP contribution in [0, 0.1) is 5.41 Å². The Balaban J connectivity index is 1.51. The van der Waals surface area contributed by atoms with Gasteiger partial charge in [0, 0.05) is 11.5 Å². The average molecular weight is 265 g/mol. The summed E-state index contributed by atoms with van der Waals surface area (Å²) in [7, 11) is 0. The van der Waals surface area contributed by atoms with E-state index in [9.17, 15) is 0 Å². The van der Waals surface area contributed by atoms with E-state index in [2.05, 4.69) is 17.2 Å². The van der Waals surface area contributed by atoms with E-state index < -0.39 is 0 Å². The fourth-order valence-electron chi connectivity index (χ4n) is 3.95. The molecule has 2 saturated heterocycles. The summed E-state index contributed by atoms with van der Waals surface area (Å²) in [6.07, 6.45) is 11.0. The summed E-state index contributed by atoms with van der Waals surface area (Å²) in [4.78, 5) is 4.59. The van der Waals surface area contributed by atoms with Gasteiger partial charge in [0.05, 0.1) is 18.8 Å². The van der Waals surface area contributed by atoms with Crippen LogP contribution < -0.4 is 11.1 Å². The Labute approximate surface area is 116 Å². The average Bonchev–Trinajstić information content (AvgIpc) is 2.98. The Bertz CT molecular complexity index is 351. The molecule has 3 fully saturated rings. The van der Waals surface area contributed by atoms with Gasteiger partial charge in [-0.1, -0.05) is 26.2 Å². The van der Waals surface area contributed by atoms with Gasteiger partial charge in [0.2, 0.25) is 0 Å². The van der Waals surface area contributed by atoms with E-state index in [1.165, 1.54) is 44.9 Å². The summed E-state index contributed by atoms with van der Waals surface area (Å²) in [5.74, 6) is 0.635. The van der Waals surface area contributed by atoms with Crippen molar-refractivity contribution in [3.05, 3.63) is 0 Å². The van der Waals surface area contributed by atoms with E-state index in [-0.39, 0.29) is 5.41 Å². The Morgan fingerprint density at radius 2 is 2.05 bits per heavy atom. The highest BCUT2D eigenvalue weighted by Crippen LogP contribution is 2.47. The Kier molecular flexibility index (Phi) is 3.70. The van der Waals surface area contributed by atoms with Gasteiger partial charge >= 0.3 is 0 Å². The minimum absolute atomic E-state index is 0.210. The fourth-order valence-corrected chi connectivity index (χ4v) is 3.95. The van der Waals surface area contributed by atoms with Gasteiger partial charge in [0.1, 0.15) is 0 Å². The minimum atomic E-state index is 0.210. The first-order valence-electron chi connectivity index (χ1n) is 7.88. The third kappa shape index (κ3) is 2.88. The molecule has 0 radical (unpaired) electrons. The molecular formula is C15H27N3O. The van der Waals surface area contributed by atoms with Crippen molar-refractivity contribution in [2.45, 2.75) is 76.5 Å². The van der Waals surface area contributed by atoms with E-state index >= 15 is 0 Å². The molecule has 19 heavy (non-hydrogen) atoms. The van der Waals surface area contributed by atoms with Crippen LogP contribution in [-0.2, 0) is 4.74 Å². The third-order valence-electron chi connectivity index (χ3n) is 5.15. The van der Waals surface area contributed by atoms with E-state index in [1.54, 1.807) is 0 Å². The topological polar surface area (TPSA) is 59.6 Å². The molecule has 3 rings (SSSR count). The van der Waals surface area contributed by atoms with Crippen LogP contribution in [0.25, 0.3) is 0 Å². The molecule has 3 aliphatic rings. The number of guanidine groups is 1. The van der Waals surface area contributed by atoms with Crippen molar-refractivity contribution in [1.82, 2.24) is 5.32 Å². The highest BCUT2D eigenvalue weighted by molar-refractivity contribution is 5.78. The molecule has 2 heterocycles. The molecule has 108 valence electrons. The maximum Gasteiger partial charge on any atom is 0.188 e. The van der Waals surface area contributed by atoms with Gasteiger partial charge in [-0.3, -0.25) is 4.99 Å². The molecule has 0 amide bonds. The SMILES string of the molecule is CC1(CN=C(N)NC2CCCCC2)CC2CCC1O2. The summed E-state index contributed by atoms with van der Waals surface area (Å²) in [6.45, 7) is 3.11. The highest BCUT2D eigenvalue weighted by atomic mass is 16.5. The Hall–Kier alpha value is -0.770. The van der Waals surface area contributed by atoms with Gasteiger partial charge in [0.15, 0.2) is 5.96 Å². The first kappa shape index (κ1) is 13.2. The van der Waals surface area contributed by atoms with E-state index in [1.807, 2.05) is 0 Å². The number of nitrogens with two attached hydrogens (primary N) is 1. The summed E-state index contributed by atoms with van der Waals surface area (Å²) in [5, 5.41) is 3.39. The van der Waals surface area contributed by atoms with Crippen molar-refractivity contribution >= 4 is 5.96 Å². The van der Waals surface area contributed by atoms with Crippen LogP contribution in [0.3, 0.4) is 0 Å². The molecule has 0 aromatic carbocycles. The smallest absolute Gasteiger partial charge is 0.188 e. The first-order valence-corrected chi connectivity index (χ1v) is 7.88. The predicted molar refractivity (Wildman–Crippen MR) is 77.1 cm³/mol. The van der Waals surface area contributed by atoms with Gasteiger partial charge < -0.3 is 15.8 Å². The number of hydrogen-bond donors (Lipinski definition) is 2. The van der Waals surface area contributed by atoms with Crippen molar-refractivity contribution in [1.29, 1.82) is 0 Å². The molecule has 2 aliphatic heterocycles. The number of aliphatic imine (C=N–C) groups is 1. The lowest BCUT2D eigenvalue weighted by Gasteiger charge is -2.30. The molecule has 1 aliphatic carbocycles. The quantitative estimate of drug-likeness (QED) is 0.607. The molecule has 1 saturated carbocycles. The Morgan fingerprint density at radius 3 is 2.68 bits per heavy atom. The van der Waals surface area contributed by atoms with Crippen molar-refractivity contribution in [3.63, 3.8) is 0 Å². The number of nitrogens with zero attached hydrogens (tertiary/aromatic N) is 1. The molecule has 3 unspecified atom stereocenters. The lowest BCUT2D eigenvalue weighted by Crippen LogP contribution is -2.42. The van der Waals surface area contributed by atoms with Gasteiger partial charge in [-0.2, -0.15) is 0 Å². The van der Waals surface area contributed by atoms with Crippen LogP contribution in [0.4, 0.5) is 0 Å². The predicted octanol–water partition coefficient (Wildman–Crippen LogP) is 2.18. The van der Waals surface area contributed by atoms with E-state index in [4.69, 9.17) is 10.5 Å². The number of rotatable bonds is 3. The summed E-state index contributed by atoms with van der Waals surface area (Å²) >= 11 is 0. The first-order chi connectivity index (χ1) is 9.16. The zero-order valence-electron chi connectivity index (χ0n) is 12.0. The van der Waals surface area contributed by atoms with Crippen molar-refractivity contribution in [2.24, 2.45) is 16.1 Å². The molecule has 2 bridgehead atoms. The number of ether oxygens (including phenoxy) is 1. The molecular weight excluding hydrogens is 238 g/mol. The van der Waals surface area contributed by atoms with Crippen LogP contribution in [0.2, 0.25) is 0 Å². The molecule has 4 heteroatoms. The van der Waals surface area contributed by atoms with Crippen molar-refractivity contribution in [2.75, 3.05) is 6.54 Å². The number of hydrogen-bond acceptors (Lipinski definition) is 2. The van der Waals surface area contributed by atoms with Crippen molar-refractivity contribution in [3.8, 4) is 0 Å². The van der Waals surface area contributed by atoms with Gasteiger partial charge in [-0.15, -0.1) is 0 Å². The lowest BCUT2D eigenvalue weighted by atomic mass is 9.76. The third-order valence-corrected chi connectivity index (χ3v) is 5.15. The lowest BCUT2D eigenvalue weighted by molar-refractivity contribution is 0.0706. The van der Waals surface area contributed by atoms with E-state index in [0.717, 1.165) is 13.0 Å². The van der Waals surface area contributed by atoms with Crippen LogP contribution in [0.15, 0.2) is 4.99 Å². The fraction of sp³-hybridized carbons (Fsp3) is 0.933. The summed E-state index contributed by atoms with van der Waals surface area (Å²) < 4.78 is 5.94. The molecule has 0 aromatic heterocycles. The molecule has 0 aromatic rings. The standard InChI is InChI=1S/C15H27N3O/c1-15(9-12-7-8-13(15)19-12)10-17-14(16)18-11-5-3-2-4-6-11/h11-13H,2-10H2,1H3,(H3,16,17,18).